The first-order valence-electron chi connectivity index (χ1n) is 5.56. The van der Waals surface area contributed by atoms with Gasteiger partial charge >= 0.3 is 0 Å². The Morgan fingerprint density at radius 1 is 1.26 bits per heavy atom. The second-order valence-corrected chi connectivity index (χ2v) is 5.63. The van der Waals surface area contributed by atoms with Gasteiger partial charge in [0.05, 0.1) is 11.6 Å². The molecule has 0 amide bonds. The molecular formula is C13H12Cl2N2OS. The number of rotatable bonds is 3. The van der Waals surface area contributed by atoms with Gasteiger partial charge in [-0.1, -0.05) is 35.3 Å². The van der Waals surface area contributed by atoms with Crippen LogP contribution in [-0.2, 0) is 5.88 Å². The lowest BCUT2D eigenvalue weighted by molar-refractivity contribution is 0.763. The van der Waals surface area contributed by atoms with Gasteiger partial charge in [-0.15, -0.1) is 11.8 Å². The van der Waals surface area contributed by atoms with Gasteiger partial charge in [-0.3, -0.25) is 9.36 Å². The molecule has 0 aliphatic rings. The number of benzene rings is 1. The highest BCUT2D eigenvalue weighted by Crippen LogP contribution is 2.25. The summed E-state index contributed by atoms with van der Waals surface area (Å²) in [4.78, 5) is 16.6. The van der Waals surface area contributed by atoms with Crippen LogP contribution in [0.15, 0.2) is 29.1 Å². The van der Waals surface area contributed by atoms with Crippen molar-refractivity contribution < 1.29 is 0 Å². The second-order valence-electron chi connectivity index (χ2n) is 3.98. The lowest BCUT2D eigenvalue weighted by atomic mass is 10.1. The molecule has 0 N–H and O–H groups in total. The maximum absolute atomic E-state index is 12.2. The maximum Gasteiger partial charge on any atom is 0.273 e. The Morgan fingerprint density at radius 3 is 2.47 bits per heavy atom. The van der Waals surface area contributed by atoms with E-state index < -0.39 is 0 Å². The van der Waals surface area contributed by atoms with E-state index in [9.17, 15) is 4.79 Å². The lowest BCUT2D eigenvalue weighted by Gasteiger charge is -2.11. The average molecular weight is 315 g/mol. The number of halogens is 2. The summed E-state index contributed by atoms with van der Waals surface area (Å²) in [7, 11) is 0. The van der Waals surface area contributed by atoms with Crippen LogP contribution >= 0.6 is 35.0 Å². The molecule has 0 spiro atoms. The predicted molar refractivity (Wildman–Crippen MR) is 82.2 cm³/mol. The molecular weight excluding hydrogens is 303 g/mol. The summed E-state index contributed by atoms with van der Waals surface area (Å²) in [5.41, 5.74) is 1.07. The van der Waals surface area contributed by atoms with Gasteiger partial charge < -0.3 is 0 Å². The highest BCUT2D eigenvalue weighted by molar-refractivity contribution is 7.97. The molecule has 0 aliphatic heterocycles. The number of aromatic nitrogens is 2. The normalized spacial score (nSPS) is 10.7. The Balaban J connectivity index is 2.60. The van der Waals surface area contributed by atoms with Crippen molar-refractivity contribution in [2.75, 3.05) is 6.26 Å². The first-order valence-corrected chi connectivity index (χ1v) is 7.71. The highest BCUT2D eigenvalue weighted by atomic mass is 35.5. The Hall–Kier alpha value is -0.970. The van der Waals surface area contributed by atoms with Crippen LogP contribution in [0.4, 0.5) is 0 Å². The zero-order chi connectivity index (χ0) is 14.0. The third-order valence-electron chi connectivity index (χ3n) is 2.68. The minimum atomic E-state index is -0.214. The van der Waals surface area contributed by atoms with Crippen molar-refractivity contribution in [1.29, 1.82) is 0 Å². The number of aryl methyl sites for hydroxylation is 1. The molecule has 2 rings (SSSR count). The molecule has 0 radical (unpaired) electrons. The molecule has 0 unspecified atom stereocenters. The van der Waals surface area contributed by atoms with Crippen LogP contribution in [0.2, 0.25) is 10.0 Å². The van der Waals surface area contributed by atoms with Gasteiger partial charge in [0.1, 0.15) is 10.8 Å². The first kappa shape index (κ1) is 14.4. The number of nitrogens with zero attached hydrogens (tertiary/aromatic N) is 2. The van der Waals surface area contributed by atoms with Crippen molar-refractivity contribution in [2.45, 2.75) is 12.8 Å². The molecule has 6 heteroatoms. The van der Waals surface area contributed by atoms with Crippen LogP contribution in [0.1, 0.15) is 5.82 Å². The first-order chi connectivity index (χ1) is 9.04. The van der Waals surface area contributed by atoms with E-state index in [0.717, 1.165) is 5.56 Å². The summed E-state index contributed by atoms with van der Waals surface area (Å²) in [6, 6.07) is 7.10. The summed E-state index contributed by atoms with van der Waals surface area (Å²) in [5.74, 6) is 1.19. The molecule has 3 nitrogen and oxygen atoms in total. The van der Waals surface area contributed by atoms with Gasteiger partial charge in [0.2, 0.25) is 0 Å². The summed E-state index contributed by atoms with van der Waals surface area (Å²) < 4.78 is 1.56. The topological polar surface area (TPSA) is 34.9 Å². The summed E-state index contributed by atoms with van der Waals surface area (Å²) in [5, 5.41) is 0.772. The van der Waals surface area contributed by atoms with Crippen LogP contribution in [0.5, 0.6) is 0 Å². The number of hydrogen-bond donors (Lipinski definition) is 0. The number of hydrogen-bond acceptors (Lipinski definition) is 3. The van der Waals surface area contributed by atoms with Gasteiger partial charge in [0.25, 0.3) is 5.56 Å². The van der Waals surface area contributed by atoms with Gasteiger partial charge in [0.15, 0.2) is 0 Å². The van der Waals surface area contributed by atoms with E-state index in [4.69, 9.17) is 23.2 Å². The smallest absolute Gasteiger partial charge is 0.273 e. The summed E-state index contributed by atoms with van der Waals surface area (Å²) in [6.45, 7) is 1.80. The molecule has 100 valence electrons. The van der Waals surface area contributed by atoms with Gasteiger partial charge in [0, 0.05) is 10.6 Å². The second kappa shape index (κ2) is 5.99. The van der Waals surface area contributed by atoms with Gasteiger partial charge in [-0.25, -0.2) is 4.98 Å². The van der Waals surface area contributed by atoms with Crippen LogP contribution in [-0.4, -0.2) is 15.8 Å². The maximum atomic E-state index is 12.2. The molecule has 1 aromatic carbocycles. The van der Waals surface area contributed by atoms with E-state index in [1.165, 1.54) is 0 Å². The van der Waals surface area contributed by atoms with Crippen molar-refractivity contribution >= 4 is 35.0 Å². The van der Waals surface area contributed by atoms with E-state index in [0.29, 0.717) is 22.4 Å². The van der Waals surface area contributed by atoms with Crippen LogP contribution < -0.4 is 5.56 Å². The van der Waals surface area contributed by atoms with Crippen molar-refractivity contribution in [2.24, 2.45) is 0 Å². The molecule has 0 atom stereocenters. The summed E-state index contributed by atoms with van der Waals surface area (Å²) in [6.07, 6.45) is 1.92. The molecule has 0 bridgehead atoms. The van der Waals surface area contributed by atoms with Crippen molar-refractivity contribution in [3.8, 4) is 11.3 Å². The van der Waals surface area contributed by atoms with E-state index in [2.05, 4.69) is 4.98 Å². The van der Waals surface area contributed by atoms with E-state index in [1.807, 2.05) is 6.26 Å². The van der Waals surface area contributed by atoms with Crippen LogP contribution in [0.3, 0.4) is 0 Å². The molecule has 1 heterocycles. The zero-order valence-corrected chi connectivity index (χ0v) is 12.8. The van der Waals surface area contributed by atoms with Crippen molar-refractivity contribution in [3.05, 3.63) is 50.5 Å². The van der Waals surface area contributed by atoms with Crippen molar-refractivity contribution in [3.63, 3.8) is 0 Å². The molecule has 2 aromatic rings. The monoisotopic (exact) mass is 314 g/mol. The van der Waals surface area contributed by atoms with Gasteiger partial charge in [-0.05, 0) is 25.3 Å². The molecule has 0 aliphatic carbocycles. The predicted octanol–water partition coefficient (Wildman–Crippen LogP) is 3.85. The Kier molecular flexibility index (Phi) is 4.55. The molecule has 0 fully saturated rings. The molecule has 19 heavy (non-hydrogen) atoms. The SMILES string of the molecule is CSCn1c(C)nc(-c2ccc(Cl)cc2)c(Cl)c1=O. The summed E-state index contributed by atoms with van der Waals surface area (Å²) >= 11 is 13.5. The lowest BCUT2D eigenvalue weighted by Crippen LogP contribution is -2.24. The molecule has 0 saturated heterocycles. The van der Waals surface area contributed by atoms with Crippen molar-refractivity contribution in [1.82, 2.24) is 9.55 Å². The third kappa shape index (κ3) is 2.96. The van der Waals surface area contributed by atoms with E-state index >= 15 is 0 Å². The fourth-order valence-corrected chi connectivity index (χ4v) is 2.66. The largest absolute Gasteiger partial charge is 0.286 e. The van der Waals surface area contributed by atoms with Crippen LogP contribution in [0.25, 0.3) is 11.3 Å². The van der Waals surface area contributed by atoms with Gasteiger partial charge in [-0.2, -0.15) is 0 Å². The Labute approximate surface area is 125 Å². The molecule has 0 saturated carbocycles. The third-order valence-corrected chi connectivity index (χ3v) is 3.79. The van der Waals surface area contributed by atoms with Crippen LogP contribution in [0, 0.1) is 6.92 Å². The number of thioether (sulfide) groups is 1. The minimum Gasteiger partial charge on any atom is -0.286 e. The zero-order valence-electron chi connectivity index (χ0n) is 10.5. The highest BCUT2D eigenvalue weighted by Gasteiger charge is 2.14. The molecule has 1 aromatic heterocycles. The Morgan fingerprint density at radius 2 is 1.89 bits per heavy atom. The minimum absolute atomic E-state index is 0.141. The Bertz CT molecular complexity index is 653. The van der Waals surface area contributed by atoms with E-state index in [-0.39, 0.29) is 10.6 Å². The average Bonchev–Trinajstić information content (AvgIpc) is 2.40. The quantitative estimate of drug-likeness (QED) is 0.863. The standard InChI is InChI=1S/C13H12Cl2N2OS/c1-8-16-12(9-3-5-10(14)6-4-9)11(15)13(18)17(8)7-19-2/h3-6H,7H2,1-2H3. The van der Waals surface area contributed by atoms with E-state index in [1.54, 1.807) is 47.5 Å². The fraction of sp³-hybridized carbons (Fsp3) is 0.231. The fourth-order valence-electron chi connectivity index (χ4n) is 1.72.